The van der Waals surface area contributed by atoms with Gasteiger partial charge in [-0.05, 0) is 31.5 Å². The van der Waals surface area contributed by atoms with E-state index in [0.29, 0.717) is 11.3 Å². The van der Waals surface area contributed by atoms with Crippen LogP contribution in [-0.4, -0.2) is 11.1 Å². The summed E-state index contributed by atoms with van der Waals surface area (Å²) in [5, 5.41) is 6.97. The minimum absolute atomic E-state index is 0.125. The molecule has 1 aromatic heterocycles. The first-order valence-electron chi connectivity index (χ1n) is 8.21. The van der Waals surface area contributed by atoms with Crippen LogP contribution in [0.25, 0.3) is 11.3 Å². The number of nitrogens with zero attached hydrogens (tertiary/aromatic N) is 1. The molecule has 25 heavy (non-hydrogen) atoms. The van der Waals surface area contributed by atoms with Crippen LogP contribution in [0.3, 0.4) is 0 Å². The molecule has 1 N–H and O–H groups in total. The van der Waals surface area contributed by atoms with Gasteiger partial charge in [0.1, 0.15) is 12.4 Å². The average Bonchev–Trinajstić information content (AvgIpc) is 3.07. The number of aromatic nitrogens is 1. The van der Waals surface area contributed by atoms with E-state index in [1.54, 1.807) is 0 Å². The van der Waals surface area contributed by atoms with Crippen molar-refractivity contribution in [1.82, 2.24) is 10.5 Å². The van der Waals surface area contributed by atoms with E-state index in [1.165, 1.54) is 0 Å². The van der Waals surface area contributed by atoms with Gasteiger partial charge in [-0.1, -0.05) is 47.1 Å². The number of rotatable bonds is 3. The molecular formula is C20H18N2O3. The van der Waals surface area contributed by atoms with Gasteiger partial charge in [-0.25, -0.2) is 0 Å². The topological polar surface area (TPSA) is 64.4 Å². The Kier molecular flexibility index (Phi) is 3.76. The monoisotopic (exact) mass is 334 g/mol. The molecule has 4 rings (SSSR count). The number of ether oxygens (including phenoxy) is 1. The van der Waals surface area contributed by atoms with Crippen LogP contribution in [-0.2, 0) is 6.61 Å². The van der Waals surface area contributed by atoms with Crippen LogP contribution >= 0.6 is 0 Å². The summed E-state index contributed by atoms with van der Waals surface area (Å²) < 4.78 is 11.2. The molecule has 0 radical (unpaired) electrons. The Labute approximate surface area is 145 Å². The molecule has 0 bridgehead atoms. The van der Waals surface area contributed by atoms with Crippen molar-refractivity contribution in [3.63, 3.8) is 0 Å². The molecule has 126 valence electrons. The largest absolute Gasteiger partial charge is 0.488 e. The highest BCUT2D eigenvalue weighted by molar-refractivity contribution is 5.95. The van der Waals surface area contributed by atoms with E-state index in [4.69, 9.17) is 9.26 Å². The zero-order valence-electron chi connectivity index (χ0n) is 14.1. The zero-order valence-corrected chi connectivity index (χ0v) is 14.1. The molecule has 0 fully saturated rings. The SMILES string of the molecule is Cc1ccc2c(c1)-c1onc(C(=O)N[C@H](C)c3ccccc3)c1CO2. The van der Waals surface area contributed by atoms with Gasteiger partial charge in [-0.3, -0.25) is 4.79 Å². The van der Waals surface area contributed by atoms with Crippen molar-refractivity contribution in [3.05, 3.63) is 70.9 Å². The van der Waals surface area contributed by atoms with Crippen molar-refractivity contribution in [2.24, 2.45) is 0 Å². The Hall–Kier alpha value is -3.08. The molecule has 0 saturated heterocycles. The fourth-order valence-electron chi connectivity index (χ4n) is 3.02. The maximum Gasteiger partial charge on any atom is 0.274 e. The number of hydrogen-bond donors (Lipinski definition) is 1. The Balaban J connectivity index is 1.62. The Morgan fingerprint density at radius 1 is 1.20 bits per heavy atom. The van der Waals surface area contributed by atoms with Gasteiger partial charge in [0.25, 0.3) is 5.91 Å². The first-order valence-corrected chi connectivity index (χ1v) is 8.21. The summed E-state index contributed by atoms with van der Waals surface area (Å²) in [7, 11) is 0. The van der Waals surface area contributed by atoms with Crippen molar-refractivity contribution in [2.75, 3.05) is 0 Å². The number of aryl methyl sites for hydroxylation is 1. The molecule has 1 aliphatic rings. The molecule has 5 heteroatoms. The molecule has 0 spiro atoms. The van der Waals surface area contributed by atoms with Crippen molar-refractivity contribution < 1.29 is 14.1 Å². The van der Waals surface area contributed by atoms with E-state index in [0.717, 1.165) is 22.4 Å². The molecule has 1 atom stereocenters. The van der Waals surface area contributed by atoms with Crippen LogP contribution in [0, 0.1) is 6.92 Å². The summed E-state index contributed by atoms with van der Waals surface area (Å²) in [4.78, 5) is 12.7. The highest BCUT2D eigenvalue weighted by Gasteiger charge is 2.29. The lowest BCUT2D eigenvalue weighted by Crippen LogP contribution is -2.28. The van der Waals surface area contributed by atoms with Gasteiger partial charge in [0.05, 0.1) is 17.2 Å². The first-order chi connectivity index (χ1) is 12.1. The molecular weight excluding hydrogens is 316 g/mol. The van der Waals surface area contributed by atoms with E-state index in [9.17, 15) is 4.79 Å². The number of benzene rings is 2. The van der Waals surface area contributed by atoms with E-state index in [-0.39, 0.29) is 24.2 Å². The lowest BCUT2D eigenvalue weighted by atomic mass is 10.0. The van der Waals surface area contributed by atoms with Crippen LogP contribution in [0.2, 0.25) is 0 Å². The zero-order chi connectivity index (χ0) is 17.4. The average molecular weight is 334 g/mol. The normalized spacial score (nSPS) is 13.4. The fraction of sp³-hybridized carbons (Fsp3) is 0.200. The van der Waals surface area contributed by atoms with Gasteiger partial charge in [0.2, 0.25) is 0 Å². The van der Waals surface area contributed by atoms with Crippen LogP contribution in [0.1, 0.15) is 40.1 Å². The number of hydrogen-bond acceptors (Lipinski definition) is 4. The fourth-order valence-corrected chi connectivity index (χ4v) is 3.02. The summed E-state index contributed by atoms with van der Waals surface area (Å²) >= 11 is 0. The molecule has 0 unspecified atom stereocenters. The number of carbonyl (C=O) groups is 1. The second-order valence-corrected chi connectivity index (χ2v) is 6.23. The van der Waals surface area contributed by atoms with Gasteiger partial charge in [0.15, 0.2) is 11.5 Å². The van der Waals surface area contributed by atoms with Crippen LogP contribution in [0.4, 0.5) is 0 Å². The molecule has 0 saturated carbocycles. The first kappa shape index (κ1) is 15.4. The second-order valence-electron chi connectivity index (χ2n) is 6.23. The highest BCUT2D eigenvalue weighted by atomic mass is 16.5. The smallest absolute Gasteiger partial charge is 0.274 e. The van der Waals surface area contributed by atoms with Crippen LogP contribution in [0.15, 0.2) is 53.1 Å². The van der Waals surface area contributed by atoms with Gasteiger partial charge in [0, 0.05) is 0 Å². The van der Waals surface area contributed by atoms with E-state index >= 15 is 0 Å². The summed E-state index contributed by atoms with van der Waals surface area (Å²) in [6.07, 6.45) is 0. The van der Waals surface area contributed by atoms with Crippen molar-refractivity contribution in [1.29, 1.82) is 0 Å². The third kappa shape index (κ3) is 2.78. The maximum absolute atomic E-state index is 12.7. The Bertz CT molecular complexity index is 931. The van der Waals surface area contributed by atoms with Gasteiger partial charge >= 0.3 is 0 Å². The Morgan fingerprint density at radius 2 is 2.00 bits per heavy atom. The molecule has 0 aliphatic carbocycles. The lowest BCUT2D eigenvalue weighted by Gasteiger charge is -2.17. The Morgan fingerprint density at radius 3 is 2.80 bits per heavy atom. The highest BCUT2D eigenvalue weighted by Crippen LogP contribution is 2.39. The summed E-state index contributed by atoms with van der Waals surface area (Å²) in [6, 6.07) is 15.5. The molecule has 1 amide bonds. The number of carbonyl (C=O) groups excluding carboxylic acids is 1. The third-order valence-corrected chi connectivity index (χ3v) is 4.40. The quantitative estimate of drug-likeness (QED) is 0.785. The van der Waals surface area contributed by atoms with Crippen molar-refractivity contribution in [2.45, 2.75) is 26.5 Å². The minimum Gasteiger partial charge on any atom is -0.488 e. The predicted molar refractivity (Wildman–Crippen MR) is 93.3 cm³/mol. The summed E-state index contributed by atoms with van der Waals surface area (Å²) in [5.41, 5.74) is 3.94. The number of fused-ring (bicyclic) bond motifs is 3. The van der Waals surface area contributed by atoms with Gasteiger partial charge in [-0.2, -0.15) is 0 Å². The van der Waals surface area contributed by atoms with E-state index in [2.05, 4.69) is 10.5 Å². The van der Waals surface area contributed by atoms with Crippen LogP contribution in [0.5, 0.6) is 5.75 Å². The number of nitrogens with one attached hydrogen (secondary N) is 1. The van der Waals surface area contributed by atoms with Crippen molar-refractivity contribution in [3.8, 4) is 17.1 Å². The molecule has 5 nitrogen and oxygen atoms in total. The molecule has 2 heterocycles. The van der Waals surface area contributed by atoms with Gasteiger partial charge < -0.3 is 14.6 Å². The standard InChI is InChI=1S/C20H18N2O3/c1-12-8-9-17-15(10-12)19-16(11-24-17)18(22-25-19)20(23)21-13(2)14-6-4-3-5-7-14/h3-10,13H,11H2,1-2H3,(H,21,23)/t13-/m1/s1. The van der Waals surface area contributed by atoms with Gasteiger partial charge in [-0.15, -0.1) is 0 Å². The van der Waals surface area contributed by atoms with E-state index in [1.807, 2.05) is 62.4 Å². The summed E-state index contributed by atoms with van der Waals surface area (Å²) in [6.45, 7) is 4.21. The minimum atomic E-state index is -0.263. The third-order valence-electron chi connectivity index (χ3n) is 4.40. The predicted octanol–water partition coefficient (Wildman–Crippen LogP) is 4.03. The maximum atomic E-state index is 12.7. The van der Waals surface area contributed by atoms with Crippen molar-refractivity contribution >= 4 is 5.91 Å². The lowest BCUT2D eigenvalue weighted by molar-refractivity contribution is 0.0928. The molecule has 3 aromatic rings. The molecule has 1 aliphatic heterocycles. The summed E-state index contributed by atoms with van der Waals surface area (Å²) in [5.74, 6) is 1.10. The second kappa shape index (κ2) is 6.09. The van der Waals surface area contributed by atoms with E-state index < -0.39 is 0 Å². The van der Waals surface area contributed by atoms with Crippen LogP contribution < -0.4 is 10.1 Å². The number of amides is 1. The molecule has 2 aromatic carbocycles.